The van der Waals surface area contributed by atoms with Crippen LogP contribution in [0.15, 0.2) is 24.4 Å². The molecule has 2 amide bonds. The van der Waals surface area contributed by atoms with Crippen LogP contribution in [-0.2, 0) is 19.5 Å². The largest absolute Gasteiger partial charge is 0.573 e. The molecule has 0 spiro atoms. The fraction of sp³-hybridized carbons (Fsp3) is 0.368. The average Bonchev–Trinajstić information content (AvgIpc) is 3.46. The molecule has 10 nitrogen and oxygen atoms in total. The molecule has 2 heterocycles. The van der Waals surface area contributed by atoms with Gasteiger partial charge in [-0.25, -0.2) is 13.5 Å². The van der Waals surface area contributed by atoms with Crippen LogP contribution < -0.4 is 15.4 Å². The number of benzene rings is 1. The number of nitrogens with one attached hydrogen (secondary N) is 2. The molecule has 35 heavy (non-hydrogen) atoms. The van der Waals surface area contributed by atoms with Crippen molar-refractivity contribution in [2.75, 3.05) is 7.05 Å². The summed E-state index contributed by atoms with van der Waals surface area (Å²) in [7, 11) is 1.43. The predicted octanol–water partition coefficient (Wildman–Crippen LogP) is 2.43. The van der Waals surface area contributed by atoms with E-state index in [0.29, 0.717) is 5.01 Å². The molecule has 188 valence electrons. The van der Waals surface area contributed by atoms with E-state index in [-0.39, 0.29) is 35.7 Å². The Morgan fingerprint density at radius 1 is 1.20 bits per heavy atom. The van der Waals surface area contributed by atoms with Gasteiger partial charge in [0.1, 0.15) is 22.7 Å². The maximum absolute atomic E-state index is 14.3. The Bertz CT molecular complexity index is 1180. The van der Waals surface area contributed by atoms with Gasteiger partial charge in [-0.1, -0.05) is 16.6 Å². The second-order valence-electron chi connectivity index (χ2n) is 7.03. The second kappa shape index (κ2) is 11.2. The van der Waals surface area contributed by atoms with Crippen molar-refractivity contribution in [1.29, 1.82) is 0 Å². The summed E-state index contributed by atoms with van der Waals surface area (Å²) in [6.07, 6.45) is -4.78. The van der Waals surface area contributed by atoms with Crippen LogP contribution in [0.25, 0.3) is 0 Å². The maximum atomic E-state index is 14.3. The molecule has 2 N–H and O–H groups in total. The molecule has 3 rings (SSSR count). The first-order chi connectivity index (χ1) is 16.5. The molecule has 16 heteroatoms. The van der Waals surface area contributed by atoms with Crippen molar-refractivity contribution in [3.8, 4) is 5.75 Å². The molecule has 0 bridgehead atoms. The lowest BCUT2D eigenvalue weighted by Gasteiger charge is -2.11. The van der Waals surface area contributed by atoms with E-state index in [9.17, 15) is 31.5 Å². The molecule has 0 fully saturated rings. The van der Waals surface area contributed by atoms with Crippen molar-refractivity contribution < 1.29 is 36.3 Å². The third-order valence-electron chi connectivity index (χ3n) is 4.41. The highest BCUT2D eigenvalue weighted by Crippen LogP contribution is 2.24. The summed E-state index contributed by atoms with van der Waals surface area (Å²) >= 11 is 0.895. The zero-order valence-electron chi connectivity index (χ0n) is 18.0. The Morgan fingerprint density at radius 3 is 2.69 bits per heavy atom. The van der Waals surface area contributed by atoms with Crippen molar-refractivity contribution in [3.63, 3.8) is 0 Å². The molecule has 2 aromatic heterocycles. The van der Waals surface area contributed by atoms with E-state index in [1.54, 1.807) is 0 Å². The summed E-state index contributed by atoms with van der Waals surface area (Å²) in [6, 6.07) is 2.42. The minimum atomic E-state index is -4.94. The Kier molecular flexibility index (Phi) is 8.26. The number of hydrogen-bond acceptors (Lipinski definition) is 8. The quantitative estimate of drug-likeness (QED) is 0.395. The van der Waals surface area contributed by atoms with Gasteiger partial charge in [0.05, 0.1) is 12.7 Å². The first-order valence-electron chi connectivity index (χ1n) is 9.95. The summed E-state index contributed by atoms with van der Waals surface area (Å²) in [5, 5.41) is 19.8. The molecule has 0 saturated heterocycles. The predicted molar refractivity (Wildman–Crippen MR) is 111 cm³/mol. The summed E-state index contributed by atoms with van der Waals surface area (Å²) in [5.74, 6) is -2.63. The highest BCUT2D eigenvalue weighted by Gasteiger charge is 2.31. The van der Waals surface area contributed by atoms with Crippen LogP contribution >= 0.6 is 11.3 Å². The number of aryl methyl sites for hydroxylation is 1. The Morgan fingerprint density at radius 2 is 1.97 bits per heavy atom. The lowest BCUT2D eigenvalue weighted by molar-refractivity contribution is -0.274. The summed E-state index contributed by atoms with van der Waals surface area (Å²) in [5.41, 5.74) is -0.170. The summed E-state index contributed by atoms with van der Waals surface area (Å²) in [4.78, 5) is 23.7. The highest BCUT2D eigenvalue weighted by molar-refractivity contribution is 7.13. The monoisotopic (exact) mass is 519 g/mol. The molecule has 0 aliphatic carbocycles. The van der Waals surface area contributed by atoms with Crippen molar-refractivity contribution in [2.45, 2.75) is 38.5 Å². The van der Waals surface area contributed by atoms with Crippen LogP contribution in [0.1, 0.15) is 37.3 Å². The van der Waals surface area contributed by atoms with Gasteiger partial charge >= 0.3 is 6.36 Å². The van der Waals surface area contributed by atoms with Crippen molar-refractivity contribution >= 4 is 23.2 Å². The zero-order valence-corrected chi connectivity index (χ0v) is 18.8. The van der Waals surface area contributed by atoms with E-state index >= 15 is 0 Å². The van der Waals surface area contributed by atoms with Gasteiger partial charge in [0, 0.05) is 25.6 Å². The molecule has 3 aromatic rings. The van der Waals surface area contributed by atoms with E-state index in [2.05, 4.69) is 35.9 Å². The number of rotatable bonds is 10. The first-order valence-corrected chi connectivity index (χ1v) is 10.8. The average molecular weight is 519 g/mol. The zero-order chi connectivity index (χ0) is 25.6. The van der Waals surface area contributed by atoms with Gasteiger partial charge in [-0.05, 0) is 24.6 Å². The number of ether oxygens (including phenoxy) is 1. The van der Waals surface area contributed by atoms with Gasteiger partial charge in [0.25, 0.3) is 11.8 Å². The van der Waals surface area contributed by atoms with Gasteiger partial charge < -0.3 is 15.4 Å². The van der Waals surface area contributed by atoms with Crippen molar-refractivity contribution in [1.82, 2.24) is 35.8 Å². The molecule has 1 atom stereocenters. The third-order valence-corrected chi connectivity index (χ3v) is 5.39. The molecule has 0 radical (unpaired) electrons. The van der Waals surface area contributed by atoms with Crippen molar-refractivity contribution in [3.05, 3.63) is 51.5 Å². The summed E-state index contributed by atoms with van der Waals surface area (Å²) in [6.45, 7) is -0.560. The number of nitrogens with zero attached hydrogens (tertiary/aromatic N) is 5. The molecular formula is C19H18F5N7O3S. The minimum absolute atomic E-state index is 0.0304. The highest BCUT2D eigenvalue weighted by atomic mass is 32.1. The van der Waals surface area contributed by atoms with Crippen LogP contribution in [0, 0.1) is 5.82 Å². The number of amides is 2. The number of halogens is 5. The lowest BCUT2D eigenvalue weighted by Crippen LogP contribution is -2.23. The normalized spacial score (nSPS) is 12.3. The smallest absolute Gasteiger partial charge is 0.406 e. The van der Waals surface area contributed by atoms with E-state index in [4.69, 9.17) is 0 Å². The minimum Gasteiger partial charge on any atom is -0.406 e. The van der Waals surface area contributed by atoms with E-state index < -0.39 is 42.5 Å². The van der Waals surface area contributed by atoms with Gasteiger partial charge in [-0.3, -0.25) is 9.59 Å². The van der Waals surface area contributed by atoms with Crippen LogP contribution in [0.3, 0.4) is 0 Å². The number of alkyl halides is 4. The lowest BCUT2D eigenvalue weighted by atomic mass is 10.2. The standard InChI is InChI=1S/C19H18F5N7O3S/c1-25-16(32)14-9-31(30-27-14)8-11(20)2-5-15-28-29-18(35-15)17(33)26-7-10-6-12(3-4-13(10)21)34-19(22,23)24/h3-4,6,9,11H,2,5,7-8H2,1H3,(H,25,32)(H,26,33). The van der Waals surface area contributed by atoms with E-state index in [0.717, 1.165) is 29.5 Å². The molecular weight excluding hydrogens is 501 g/mol. The Labute approximate surface area is 198 Å². The number of hydrogen-bond donors (Lipinski definition) is 2. The van der Waals surface area contributed by atoms with Gasteiger partial charge in [-0.2, -0.15) is 0 Å². The maximum Gasteiger partial charge on any atom is 0.573 e. The topological polar surface area (TPSA) is 124 Å². The first kappa shape index (κ1) is 25.9. The van der Waals surface area contributed by atoms with Crippen LogP contribution in [0.4, 0.5) is 22.0 Å². The Hall–Kier alpha value is -3.69. The SMILES string of the molecule is CNC(=O)c1cn(CC(F)CCc2nnc(C(=O)NCc3cc(OC(F)(F)F)ccc3F)s2)nn1. The van der Waals surface area contributed by atoms with Crippen LogP contribution in [-0.4, -0.2) is 56.6 Å². The van der Waals surface area contributed by atoms with Crippen molar-refractivity contribution in [2.24, 2.45) is 0 Å². The third kappa shape index (κ3) is 7.66. The molecule has 0 aliphatic heterocycles. The molecule has 1 unspecified atom stereocenters. The van der Waals surface area contributed by atoms with Gasteiger partial charge in [-0.15, -0.1) is 28.5 Å². The van der Waals surface area contributed by atoms with E-state index in [1.165, 1.54) is 17.9 Å². The van der Waals surface area contributed by atoms with Crippen LogP contribution in [0.5, 0.6) is 5.75 Å². The summed E-state index contributed by atoms with van der Waals surface area (Å²) < 4.78 is 70.1. The number of carbonyl (C=O) groups is 2. The van der Waals surface area contributed by atoms with E-state index in [1.807, 2.05) is 0 Å². The fourth-order valence-corrected chi connectivity index (χ4v) is 3.55. The molecule has 0 saturated carbocycles. The second-order valence-corrected chi connectivity index (χ2v) is 8.09. The number of carbonyl (C=O) groups excluding carboxylic acids is 2. The number of aromatic nitrogens is 5. The van der Waals surface area contributed by atoms with Crippen LogP contribution in [0.2, 0.25) is 0 Å². The van der Waals surface area contributed by atoms with Gasteiger partial charge in [0.15, 0.2) is 5.69 Å². The Balaban J connectivity index is 1.49. The fourth-order valence-electron chi connectivity index (χ4n) is 2.78. The van der Waals surface area contributed by atoms with Gasteiger partial charge in [0.2, 0.25) is 5.01 Å². The molecule has 0 aliphatic rings. The molecule has 1 aromatic carbocycles.